The summed E-state index contributed by atoms with van der Waals surface area (Å²) in [5.41, 5.74) is -0.870. The fraction of sp³-hybridized carbons (Fsp3) is 0.167. The van der Waals surface area contributed by atoms with Crippen molar-refractivity contribution in [2.75, 3.05) is 29.6 Å². The molecule has 188 valence electrons. The molecule has 1 heterocycles. The Bertz CT molecular complexity index is 1330. The fourth-order valence-corrected chi connectivity index (χ4v) is 3.14. The molecule has 4 amide bonds. The Morgan fingerprint density at radius 1 is 0.944 bits per heavy atom. The van der Waals surface area contributed by atoms with Crippen molar-refractivity contribution in [2.45, 2.75) is 13.1 Å². The summed E-state index contributed by atoms with van der Waals surface area (Å²) in [6.07, 6.45) is -3.55. The van der Waals surface area contributed by atoms with Crippen molar-refractivity contribution >= 4 is 34.9 Å². The number of carbonyl (C=O) groups excluding carboxylic acids is 3. The summed E-state index contributed by atoms with van der Waals surface area (Å²) in [6, 6.07) is 9.10. The zero-order chi connectivity index (χ0) is 26.6. The summed E-state index contributed by atoms with van der Waals surface area (Å²) in [4.78, 5) is 42.4. The van der Waals surface area contributed by atoms with Gasteiger partial charge in [0.2, 0.25) is 0 Å². The number of benzene rings is 2. The van der Waals surface area contributed by atoms with Gasteiger partial charge in [0.05, 0.1) is 11.3 Å². The SMILES string of the molecule is CNC(=O)c1cc(N(C)C(=O)Nc2cc(C(=O)Nc3cccc(C(F)(F)F)c3F)ccc2C)ccn1. The Balaban J connectivity index is 1.80. The van der Waals surface area contributed by atoms with E-state index in [0.717, 1.165) is 12.1 Å². The number of aromatic nitrogens is 1. The van der Waals surface area contributed by atoms with Crippen LogP contribution in [0.1, 0.15) is 32.0 Å². The van der Waals surface area contributed by atoms with E-state index in [9.17, 15) is 31.9 Å². The fourth-order valence-electron chi connectivity index (χ4n) is 3.14. The van der Waals surface area contributed by atoms with E-state index in [1.165, 1.54) is 55.5 Å². The van der Waals surface area contributed by atoms with Gasteiger partial charge in [0.25, 0.3) is 11.8 Å². The highest BCUT2D eigenvalue weighted by Crippen LogP contribution is 2.34. The first kappa shape index (κ1) is 26.1. The molecule has 0 saturated heterocycles. The van der Waals surface area contributed by atoms with E-state index in [4.69, 9.17) is 0 Å². The molecule has 0 saturated carbocycles. The predicted molar refractivity (Wildman–Crippen MR) is 126 cm³/mol. The number of aryl methyl sites for hydroxylation is 1. The van der Waals surface area contributed by atoms with E-state index < -0.39 is 41.1 Å². The van der Waals surface area contributed by atoms with E-state index in [1.54, 1.807) is 6.92 Å². The lowest BCUT2D eigenvalue weighted by atomic mass is 10.1. The Kier molecular flexibility index (Phi) is 7.56. The van der Waals surface area contributed by atoms with Crippen molar-refractivity contribution in [3.63, 3.8) is 0 Å². The van der Waals surface area contributed by atoms with Crippen LogP contribution in [-0.2, 0) is 6.18 Å². The molecule has 3 aromatic rings. The van der Waals surface area contributed by atoms with Crippen LogP contribution in [0.5, 0.6) is 0 Å². The number of pyridine rings is 1. The number of nitrogens with zero attached hydrogens (tertiary/aromatic N) is 2. The third-order valence-electron chi connectivity index (χ3n) is 5.19. The zero-order valence-corrected chi connectivity index (χ0v) is 19.3. The Morgan fingerprint density at radius 3 is 2.33 bits per heavy atom. The van der Waals surface area contributed by atoms with Crippen molar-refractivity contribution in [2.24, 2.45) is 0 Å². The molecule has 8 nitrogen and oxygen atoms in total. The number of nitrogens with one attached hydrogen (secondary N) is 3. The molecular weight excluding hydrogens is 482 g/mol. The van der Waals surface area contributed by atoms with Crippen LogP contribution in [0.3, 0.4) is 0 Å². The van der Waals surface area contributed by atoms with Gasteiger partial charge in [-0.15, -0.1) is 0 Å². The maximum absolute atomic E-state index is 14.3. The minimum absolute atomic E-state index is 0.0267. The topological polar surface area (TPSA) is 103 Å². The van der Waals surface area contributed by atoms with Gasteiger partial charge in [0.1, 0.15) is 5.69 Å². The lowest BCUT2D eigenvalue weighted by Crippen LogP contribution is -2.32. The van der Waals surface area contributed by atoms with Gasteiger partial charge in [-0.25, -0.2) is 9.18 Å². The molecule has 0 radical (unpaired) electrons. The molecule has 0 unspecified atom stereocenters. The summed E-state index contributed by atoms with van der Waals surface area (Å²) >= 11 is 0. The van der Waals surface area contributed by atoms with Gasteiger partial charge in [-0.05, 0) is 48.9 Å². The molecule has 3 N–H and O–H groups in total. The van der Waals surface area contributed by atoms with E-state index in [1.807, 2.05) is 0 Å². The summed E-state index contributed by atoms with van der Waals surface area (Å²) in [6.45, 7) is 1.67. The van der Waals surface area contributed by atoms with Crippen molar-refractivity contribution < 1.29 is 31.9 Å². The highest BCUT2D eigenvalue weighted by Gasteiger charge is 2.35. The number of rotatable bonds is 5. The maximum Gasteiger partial charge on any atom is 0.419 e. The Labute approximate surface area is 203 Å². The van der Waals surface area contributed by atoms with E-state index in [-0.39, 0.29) is 16.9 Å². The Morgan fingerprint density at radius 2 is 1.67 bits per heavy atom. The van der Waals surface area contributed by atoms with Crippen molar-refractivity contribution in [3.05, 3.63) is 82.9 Å². The molecule has 0 aliphatic carbocycles. The second-order valence-electron chi connectivity index (χ2n) is 7.62. The number of carbonyl (C=O) groups is 3. The van der Waals surface area contributed by atoms with Crippen molar-refractivity contribution in [1.82, 2.24) is 10.3 Å². The number of hydrogen-bond donors (Lipinski definition) is 3. The molecule has 0 aliphatic rings. The largest absolute Gasteiger partial charge is 0.419 e. The minimum atomic E-state index is -4.92. The number of halogens is 4. The van der Waals surface area contributed by atoms with E-state index in [2.05, 4.69) is 20.9 Å². The maximum atomic E-state index is 14.3. The number of anilines is 3. The first-order valence-corrected chi connectivity index (χ1v) is 10.4. The van der Waals surface area contributed by atoms with Crippen LogP contribution in [0.4, 0.5) is 39.4 Å². The van der Waals surface area contributed by atoms with Gasteiger partial charge >= 0.3 is 12.2 Å². The number of urea groups is 1. The summed E-state index contributed by atoms with van der Waals surface area (Å²) < 4.78 is 53.2. The monoisotopic (exact) mass is 503 g/mol. The van der Waals surface area contributed by atoms with Crippen LogP contribution in [0.15, 0.2) is 54.7 Å². The van der Waals surface area contributed by atoms with Crippen molar-refractivity contribution in [1.29, 1.82) is 0 Å². The van der Waals surface area contributed by atoms with Crippen LogP contribution < -0.4 is 20.9 Å². The highest BCUT2D eigenvalue weighted by atomic mass is 19.4. The molecule has 0 atom stereocenters. The number of amides is 4. The highest BCUT2D eigenvalue weighted by molar-refractivity contribution is 6.07. The number of alkyl halides is 3. The average molecular weight is 503 g/mol. The van der Waals surface area contributed by atoms with Gasteiger partial charge in [-0.1, -0.05) is 12.1 Å². The lowest BCUT2D eigenvalue weighted by molar-refractivity contribution is -0.139. The smallest absolute Gasteiger partial charge is 0.354 e. The van der Waals surface area contributed by atoms with Crippen molar-refractivity contribution in [3.8, 4) is 0 Å². The molecule has 36 heavy (non-hydrogen) atoms. The second-order valence-corrected chi connectivity index (χ2v) is 7.62. The molecule has 1 aromatic heterocycles. The van der Waals surface area contributed by atoms with Gasteiger partial charge in [-0.3, -0.25) is 19.5 Å². The first-order valence-electron chi connectivity index (χ1n) is 10.4. The summed E-state index contributed by atoms with van der Waals surface area (Å²) in [7, 11) is 2.90. The van der Waals surface area contributed by atoms with E-state index >= 15 is 0 Å². The molecular formula is C24H21F4N5O3. The third-order valence-corrected chi connectivity index (χ3v) is 5.19. The van der Waals surface area contributed by atoms with Gasteiger partial charge < -0.3 is 16.0 Å². The van der Waals surface area contributed by atoms with Crippen LogP contribution in [0, 0.1) is 12.7 Å². The van der Waals surface area contributed by atoms with Crippen LogP contribution in [0.2, 0.25) is 0 Å². The minimum Gasteiger partial charge on any atom is -0.354 e. The average Bonchev–Trinajstić information content (AvgIpc) is 2.84. The Hall–Kier alpha value is -4.48. The predicted octanol–water partition coefficient (Wildman–Crippen LogP) is 4.83. The lowest BCUT2D eigenvalue weighted by Gasteiger charge is -2.19. The molecule has 0 aliphatic heterocycles. The molecule has 0 spiro atoms. The first-order chi connectivity index (χ1) is 16.9. The van der Waals surface area contributed by atoms with Gasteiger partial charge in [-0.2, -0.15) is 13.2 Å². The quantitative estimate of drug-likeness (QED) is 0.434. The van der Waals surface area contributed by atoms with E-state index in [0.29, 0.717) is 17.3 Å². The summed E-state index contributed by atoms with van der Waals surface area (Å²) in [5.74, 6) is -2.91. The van der Waals surface area contributed by atoms with Crippen LogP contribution in [0.25, 0.3) is 0 Å². The molecule has 0 fully saturated rings. The van der Waals surface area contributed by atoms with Gasteiger partial charge in [0, 0.05) is 37.2 Å². The molecule has 3 rings (SSSR count). The third kappa shape index (κ3) is 5.77. The normalized spacial score (nSPS) is 11.0. The van der Waals surface area contributed by atoms with Crippen LogP contribution >= 0.6 is 0 Å². The molecule has 2 aromatic carbocycles. The molecule has 12 heteroatoms. The second kappa shape index (κ2) is 10.4. The standard InChI is InChI=1S/C24H21F4N5O3/c1-13-7-8-14(21(34)31-17-6-4-5-16(20(17)25)24(26,27)28)11-18(13)32-23(36)33(3)15-9-10-30-19(12-15)22(35)29-2/h4-12H,1-3H3,(H,29,35)(H,31,34)(H,32,36). The summed E-state index contributed by atoms with van der Waals surface area (Å²) in [5, 5.41) is 7.20. The van der Waals surface area contributed by atoms with Crippen LogP contribution in [-0.4, -0.2) is 36.9 Å². The zero-order valence-electron chi connectivity index (χ0n) is 19.3. The van der Waals surface area contributed by atoms with Gasteiger partial charge in [0.15, 0.2) is 5.82 Å². The molecule has 0 bridgehead atoms. The number of hydrogen-bond acceptors (Lipinski definition) is 4.